The highest BCUT2D eigenvalue weighted by Gasteiger charge is 2.32. The van der Waals surface area contributed by atoms with Crippen molar-refractivity contribution >= 4 is 11.9 Å². The molecule has 1 heterocycles. The summed E-state index contributed by atoms with van der Waals surface area (Å²) in [6.07, 6.45) is 1.30. The molecule has 126 valence electrons. The molecule has 0 spiro atoms. The summed E-state index contributed by atoms with van der Waals surface area (Å²) in [6.45, 7) is 2.50. The van der Waals surface area contributed by atoms with Crippen LogP contribution in [0.5, 0.6) is 5.75 Å². The van der Waals surface area contributed by atoms with E-state index in [1.54, 1.807) is 11.0 Å². The Balaban J connectivity index is 2.30. The number of carboxylic acid groups (broad SMARTS) is 1. The quantitative estimate of drug-likeness (QED) is 0.883. The number of benzene rings is 1. The van der Waals surface area contributed by atoms with E-state index in [2.05, 4.69) is 0 Å². The number of carboxylic acids is 1. The van der Waals surface area contributed by atoms with Gasteiger partial charge in [-0.25, -0.2) is 0 Å². The van der Waals surface area contributed by atoms with Crippen molar-refractivity contribution in [1.29, 1.82) is 0 Å². The summed E-state index contributed by atoms with van der Waals surface area (Å²) in [4.78, 5) is 27.9. The number of carbonyl (C=O) groups excluding carboxylic acids is 1. The second kappa shape index (κ2) is 7.00. The Morgan fingerprint density at radius 3 is 2.52 bits per heavy atom. The number of carbonyl (C=O) groups is 2. The van der Waals surface area contributed by atoms with Gasteiger partial charge in [-0.2, -0.15) is 0 Å². The van der Waals surface area contributed by atoms with Crippen LogP contribution in [0.3, 0.4) is 0 Å². The van der Waals surface area contributed by atoms with Crippen molar-refractivity contribution in [3.05, 3.63) is 29.3 Å². The summed E-state index contributed by atoms with van der Waals surface area (Å²) in [7, 11) is 3.88. The van der Waals surface area contributed by atoms with Gasteiger partial charge in [-0.3, -0.25) is 9.59 Å². The minimum atomic E-state index is -0.866. The molecule has 6 nitrogen and oxygen atoms in total. The number of hydrogen-bond donors (Lipinski definition) is 2. The van der Waals surface area contributed by atoms with E-state index < -0.39 is 11.9 Å². The van der Waals surface area contributed by atoms with Crippen LogP contribution in [-0.4, -0.2) is 65.1 Å². The smallest absolute Gasteiger partial charge is 0.308 e. The normalized spacial score (nSPS) is 22.0. The molecule has 1 aliphatic rings. The molecule has 0 saturated carbocycles. The average Bonchev–Trinajstić information content (AvgIpc) is 2.72. The standard InChI is InChI=1S/C17H24N2O4/c1-11-4-7-14(20)8-15(11)16(21)19-9-12(17(22)23)5-6-13(10-19)18(2)3/h4,7-8,12-13,20H,5-6,9-10H2,1-3H3,(H,22,23)/t12-,13+/m0/s1. The number of hydrogen-bond acceptors (Lipinski definition) is 4. The van der Waals surface area contributed by atoms with Crippen molar-refractivity contribution in [2.24, 2.45) is 5.92 Å². The number of aryl methyl sites for hydroxylation is 1. The second-order valence-corrected chi connectivity index (χ2v) is 6.44. The Labute approximate surface area is 136 Å². The third-order valence-corrected chi connectivity index (χ3v) is 4.54. The molecule has 2 rings (SSSR count). The number of aliphatic carboxylic acids is 1. The first-order valence-electron chi connectivity index (χ1n) is 7.77. The molecule has 0 unspecified atom stereocenters. The lowest BCUT2D eigenvalue weighted by atomic mass is 10.0. The zero-order valence-corrected chi connectivity index (χ0v) is 13.8. The maximum Gasteiger partial charge on any atom is 0.308 e. The minimum absolute atomic E-state index is 0.0349. The summed E-state index contributed by atoms with van der Waals surface area (Å²) < 4.78 is 0. The zero-order chi connectivity index (χ0) is 17.1. The Hall–Kier alpha value is -2.08. The molecule has 1 saturated heterocycles. The predicted octanol–water partition coefficient (Wildman–Crippen LogP) is 1.57. The molecular weight excluding hydrogens is 296 g/mol. The summed E-state index contributed by atoms with van der Waals surface area (Å²) in [5.74, 6) is -1.61. The number of aromatic hydroxyl groups is 1. The zero-order valence-electron chi connectivity index (χ0n) is 13.8. The number of phenolic OH excluding ortho intramolecular Hbond substituents is 1. The van der Waals surface area contributed by atoms with Crippen molar-refractivity contribution in [2.45, 2.75) is 25.8 Å². The molecule has 23 heavy (non-hydrogen) atoms. The van der Waals surface area contributed by atoms with E-state index >= 15 is 0 Å². The van der Waals surface area contributed by atoms with Gasteiger partial charge in [-0.05, 0) is 51.6 Å². The topological polar surface area (TPSA) is 81.1 Å². The van der Waals surface area contributed by atoms with E-state index in [0.717, 1.165) is 12.0 Å². The first kappa shape index (κ1) is 17.3. The van der Waals surface area contributed by atoms with Gasteiger partial charge < -0.3 is 20.0 Å². The van der Waals surface area contributed by atoms with Crippen molar-refractivity contribution < 1.29 is 19.8 Å². The molecule has 1 aromatic rings. The Kier molecular flexibility index (Phi) is 5.26. The summed E-state index contributed by atoms with van der Waals surface area (Å²) in [5, 5.41) is 19.0. The van der Waals surface area contributed by atoms with E-state index in [1.165, 1.54) is 12.1 Å². The van der Waals surface area contributed by atoms with Gasteiger partial charge in [-0.15, -0.1) is 0 Å². The number of nitrogens with zero attached hydrogens (tertiary/aromatic N) is 2. The highest BCUT2D eigenvalue weighted by atomic mass is 16.4. The molecular formula is C17H24N2O4. The van der Waals surface area contributed by atoms with Crippen molar-refractivity contribution in [2.75, 3.05) is 27.2 Å². The lowest BCUT2D eigenvalue weighted by molar-refractivity contribution is -0.142. The van der Waals surface area contributed by atoms with E-state index in [0.29, 0.717) is 18.5 Å². The molecule has 2 N–H and O–H groups in total. The Morgan fingerprint density at radius 2 is 1.91 bits per heavy atom. The maximum atomic E-state index is 12.9. The summed E-state index contributed by atoms with van der Waals surface area (Å²) in [6, 6.07) is 4.81. The van der Waals surface area contributed by atoms with Gasteiger partial charge in [0.05, 0.1) is 5.92 Å². The Morgan fingerprint density at radius 1 is 1.22 bits per heavy atom. The highest BCUT2D eigenvalue weighted by molar-refractivity contribution is 5.96. The lowest BCUT2D eigenvalue weighted by Gasteiger charge is -2.29. The molecule has 0 aliphatic carbocycles. The van der Waals surface area contributed by atoms with Crippen LogP contribution in [0.2, 0.25) is 0 Å². The third-order valence-electron chi connectivity index (χ3n) is 4.54. The second-order valence-electron chi connectivity index (χ2n) is 6.44. The number of phenols is 1. The van der Waals surface area contributed by atoms with Crippen LogP contribution in [0, 0.1) is 12.8 Å². The van der Waals surface area contributed by atoms with Gasteiger partial charge in [0.15, 0.2) is 0 Å². The first-order valence-corrected chi connectivity index (χ1v) is 7.77. The van der Waals surface area contributed by atoms with Crippen LogP contribution >= 0.6 is 0 Å². The number of amides is 1. The molecule has 1 aliphatic heterocycles. The Bertz CT molecular complexity index is 600. The van der Waals surface area contributed by atoms with E-state index in [-0.39, 0.29) is 24.2 Å². The number of likely N-dealkylation sites (tertiary alicyclic amines) is 1. The highest BCUT2D eigenvalue weighted by Crippen LogP contribution is 2.23. The van der Waals surface area contributed by atoms with Gasteiger partial charge in [0.2, 0.25) is 0 Å². The van der Waals surface area contributed by atoms with Crippen LogP contribution in [0.15, 0.2) is 18.2 Å². The van der Waals surface area contributed by atoms with Gasteiger partial charge in [-0.1, -0.05) is 6.07 Å². The van der Waals surface area contributed by atoms with Crippen LogP contribution in [0.25, 0.3) is 0 Å². The SMILES string of the molecule is Cc1ccc(O)cc1C(=O)N1C[C@@H](C(=O)O)CC[C@@H](N(C)C)C1. The van der Waals surface area contributed by atoms with Crippen molar-refractivity contribution in [3.8, 4) is 5.75 Å². The molecule has 1 amide bonds. The molecule has 1 fully saturated rings. The third kappa shape index (κ3) is 4.01. The molecule has 0 aromatic heterocycles. The van der Waals surface area contributed by atoms with Gasteiger partial charge >= 0.3 is 5.97 Å². The van der Waals surface area contributed by atoms with E-state index in [1.807, 2.05) is 25.9 Å². The van der Waals surface area contributed by atoms with Gasteiger partial charge in [0.25, 0.3) is 5.91 Å². The fourth-order valence-corrected chi connectivity index (χ4v) is 2.97. The maximum absolute atomic E-state index is 12.9. The van der Waals surface area contributed by atoms with Crippen LogP contribution in [0.1, 0.15) is 28.8 Å². The predicted molar refractivity (Wildman–Crippen MR) is 86.6 cm³/mol. The van der Waals surface area contributed by atoms with Crippen LogP contribution in [-0.2, 0) is 4.79 Å². The van der Waals surface area contributed by atoms with E-state index in [9.17, 15) is 19.8 Å². The molecule has 2 atom stereocenters. The average molecular weight is 320 g/mol. The number of rotatable bonds is 3. The molecule has 0 bridgehead atoms. The monoisotopic (exact) mass is 320 g/mol. The van der Waals surface area contributed by atoms with E-state index in [4.69, 9.17) is 0 Å². The van der Waals surface area contributed by atoms with Gasteiger partial charge in [0, 0.05) is 24.7 Å². The van der Waals surface area contributed by atoms with Gasteiger partial charge in [0.1, 0.15) is 5.75 Å². The fraction of sp³-hybridized carbons (Fsp3) is 0.529. The minimum Gasteiger partial charge on any atom is -0.508 e. The fourth-order valence-electron chi connectivity index (χ4n) is 2.97. The first-order chi connectivity index (χ1) is 10.8. The van der Waals surface area contributed by atoms with Crippen molar-refractivity contribution in [3.63, 3.8) is 0 Å². The molecule has 6 heteroatoms. The van der Waals surface area contributed by atoms with Crippen LogP contribution in [0.4, 0.5) is 0 Å². The summed E-state index contributed by atoms with van der Waals surface area (Å²) >= 11 is 0. The molecule has 0 radical (unpaired) electrons. The summed E-state index contributed by atoms with van der Waals surface area (Å²) in [5.41, 5.74) is 1.19. The number of likely N-dealkylation sites (N-methyl/N-ethyl adjacent to an activating group) is 1. The van der Waals surface area contributed by atoms with Crippen molar-refractivity contribution in [1.82, 2.24) is 9.80 Å². The molecule has 1 aromatic carbocycles. The largest absolute Gasteiger partial charge is 0.508 e. The lowest BCUT2D eigenvalue weighted by Crippen LogP contribution is -2.43. The van der Waals surface area contributed by atoms with Crippen LogP contribution < -0.4 is 0 Å².